The lowest BCUT2D eigenvalue weighted by Crippen LogP contribution is -2.05. The largest absolute Gasteiger partial charge is 0.481 e. The van der Waals surface area contributed by atoms with Crippen LogP contribution in [0.4, 0.5) is 5.69 Å². The number of benzene rings is 1. The van der Waals surface area contributed by atoms with Crippen molar-refractivity contribution in [2.75, 3.05) is 12.4 Å². The van der Waals surface area contributed by atoms with E-state index in [2.05, 4.69) is 28.4 Å². The van der Waals surface area contributed by atoms with Gasteiger partial charge in [-0.2, -0.15) is 10.4 Å². The maximum absolute atomic E-state index is 9.20. The molecular weight excluding hydrogens is 302 g/mol. The normalized spacial score (nSPS) is 10.6. The second-order valence-electron chi connectivity index (χ2n) is 5.45. The van der Waals surface area contributed by atoms with E-state index in [-0.39, 0.29) is 0 Å². The number of aromatic nitrogens is 3. The van der Waals surface area contributed by atoms with Crippen molar-refractivity contribution < 1.29 is 4.74 Å². The molecule has 122 valence electrons. The van der Waals surface area contributed by atoms with Gasteiger partial charge < -0.3 is 10.1 Å². The molecule has 0 aliphatic carbocycles. The number of rotatable bonds is 5. The first-order valence-electron chi connectivity index (χ1n) is 7.80. The van der Waals surface area contributed by atoms with Crippen molar-refractivity contribution in [3.8, 4) is 11.9 Å². The smallest absolute Gasteiger partial charge is 0.216 e. The summed E-state index contributed by atoms with van der Waals surface area (Å²) in [5.74, 6) is 0.748. The van der Waals surface area contributed by atoms with Gasteiger partial charge in [0.1, 0.15) is 11.8 Å². The van der Waals surface area contributed by atoms with Crippen LogP contribution in [-0.2, 0) is 20.0 Å². The van der Waals surface area contributed by atoms with Crippen LogP contribution in [0.25, 0.3) is 10.9 Å². The lowest BCUT2D eigenvalue weighted by molar-refractivity contribution is 0.370. The van der Waals surface area contributed by atoms with Gasteiger partial charge >= 0.3 is 0 Å². The quantitative estimate of drug-likeness (QED) is 0.782. The zero-order chi connectivity index (χ0) is 17.1. The number of anilines is 1. The molecule has 0 atom stereocenters. The molecule has 2 heterocycles. The predicted molar refractivity (Wildman–Crippen MR) is 92.9 cm³/mol. The van der Waals surface area contributed by atoms with Gasteiger partial charge in [0, 0.05) is 24.7 Å². The third kappa shape index (κ3) is 2.76. The van der Waals surface area contributed by atoms with Gasteiger partial charge in [0.2, 0.25) is 5.88 Å². The van der Waals surface area contributed by atoms with E-state index < -0.39 is 0 Å². The summed E-state index contributed by atoms with van der Waals surface area (Å²) in [7, 11) is 3.52. The molecule has 6 heteroatoms. The number of aryl methyl sites for hydroxylation is 2. The lowest BCUT2D eigenvalue weighted by Gasteiger charge is -2.11. The summed E-state index contributed by atoms with van der Waals surface area (Å²) in [6.07, 6.45) is 0.828. The standard InChI is InChI=1S/C18H19N5O/c1-4-15-14(18(24-3)23(2)22-15)11-20-17-9-12(10-19)21-16-8-6-5-7-13(16)17/h5-9H,4,11H2,1-3H3,(H,20,21). The Balaban J connectivity index is 1.99. The molecule has 6 nitrogen and oxygen atoms in total. The van der Waals surface area contributed by atoms with Crippen LogP contribution in [0, 0.1) is 11.3 Å². The van der Waals surface area contributed by atoms with Gasteiger partial charge in [-0.25, -0.2) is 9.67 Å². The molecule has 0 amide bonds. The Labute approximate surface area is 140 Å². The van der Waals surface area contributed by atoms with Crippen LogP contribution < -0.4 is 10.1 Å². The van der Waals surface area contributed by atoms with Crippen LogP contribution in [0.5, 0.6) is 5.88 Å². The molecule has 0 saturated carbocycles. The number of hydrogen-bond donors (Lipinski definition) is 1. The van der Waals surface area contributed by atoms with Crippen molar-refractivity contribution in [2.45, 2.75) is 19.9 Å². The van der Waals surface area contributed by atoms with E-state index in [4.69, 9.17) is 4.74 Å². The highest BCUT2D eigenvalue weighted by Gasteiger charge is 2.16. The fraction of sp³-hybridized carbons (Fsp3) is 0.278. The fourth-order valence-corrected chi connectivity index (χ4v) is 2.89. The molecule has 3 aromatic rings. The van der Waals surface area contributed by atoms with Crippen molar-refractivity contribution in [1.82, 2.24) is 14.8 Å². The zero-order valence-electron chi connectivity index (χ0n) is 14.0. The van der Waals surface area contributed by atoms with E-state index >= 15 is 0 Å². The van der Waals surface area contributed by atoms with E-state index in [0.29, 0.717) is 12.2 Å². The van der Waals surface area contributed by atoms with Crippen LogP contribution in [0.2, 0.25) is 0 Å². The molecule has 1 N–H and O–H groups in total. The minimum absolute atomic E-state index is 0.394. The average molecular weight is 321 g/mol. The number of nitrogens with one attached hydrogen (secondary N) is 1. The Kier molecular flexibility index (Phi) is 4.34. The summed E-state index contributed by atoms with van der Waals surface area (Å²) in [5, 5.41) is 18.1. The van der Waals surface area contributed by atoms with Crippen LogP contribution in [0.3, 0.4) is 0 Å². The monoisotopic (exact) mass is 321 g/mol. The van der Waals surface area contributed by atoms with Crippen LogP contribution in [0.15, 0.2) is 30.3 Å². The van der Waals surface area contributed by atoms with Crippen molar-refractivity contribution in [3.05, 3.63) is 47.3 Å². The maximum Gasteiger partial charge on any atom is 0.216 e. The van der Waals surface area contributed by atoms with Gasteiger partial charge in [0.15, 0.2) is 0 Å². The Morgan fingerprint density at radius 1 is 1.33 bits per heavy atom. The molecule has 0 saturated heterocycles. The molecule has 1 aromatic carbocycles. The lowest BCUT2D eigenvalue weighted by atomic mass is 10.1. The van der Waals surface area contributed by atoms with Gasteiger partial charge in [-0.1, -0.05) is 25.1 Å². The van der Waals surface area contributed by atoms with E-state index in [1.165, 1.54) is 0 Å². The van der Waals surface area contributed by atoms with Gasteiger partial charge in [-0.3, -0.25) is 0 Å². The highest BCUT2D eigenvalue weighted by molar-refractivity contribution is 5.91. The van der Waals surface area contributed by atoms with Gasteiger partial charge in [0.05, 0.1) is 23.9 Å². The zero-order valence-corrected chi connectivity index (χ0v) is 14.0. The fourth-order valence-electron chi connectivity index (χ4n) is 2.89. The number of methoxy groups -OCH3 is 1. The molecule has 0 aliphatic rings. The van der Waals surface area contributed by atoms with Crippen LogP contribution >= 0.6 is 0 Å². The second-order valence-corrected chi connectivity index (χ2v) is 5.45. The molecule has 0 aliphatic heterocycles. The van der Waals surface area contributed by atoms with E-state index in [1.807, 2.05) is 31.3 Å². The summed E-state index contributed by atoms with van der Waals surface area (Å²) < 4.78 is 7.23. The van der Waals surface area contributed by atoms with Gasteiger partial charge in [-0.15, -0.1) is 0 Å². The molecule has 0 bridgehead atoms. The number of para-hydroxylation sites is 1. The molecule has 0 spiro atoms. The molecule has 0 fully saturated rings. The Morgan fingerprint density at radius 2 is 2.12 bits per heavy atom. The van der Waals surface area contributed by atoms with E-state index in [1.54, 1.807) is 17.9 Å². The molecule has 24 heavy (non-hydrogen) atoms. The minimum atomic E-state index is 0.394. The SMILES string of the molecule is CCc1nn(C)c(OC)c1CNc1cc(C#N)nc2ccccc12. The second kappa shape index (κ2) is 6.59. The summed E-state index contributed by atoms with van der Waals surface area (Å²) in [6.45, 7) is 2.64. The number of nitrogens with zero attached hydrogens (tertiary/aromatic N) is 4. The highest BCUT2D eigenvalue weighted by atomic mass is 16.5. The first-order chi connectivity index (χ1) is 11.7. The number of nitriles is 1. The van der Waals surface area contributed by atoms with E-state index in [0.717, 1.165) is 40.1 Å². The summed E-state index contributed by atoms with van der Waals surface area (Å²) >= 11 is 0. The van der Waals surface area contributed by atoms with Crippen molar-refractivity contribution >= 4 is 16.6 Å². The first kappa shape index (κ1) is 15.8. The molecule has 2 aromatic heterocycles. The van der Waals surface area contributed by atoms with Crippen molar-refractivity contribution in [3.63, 3.8) is 0 Å². The first-order valence-corrected chi connectivity index (χ1v) is 7.80. The van der Waals surface area contributed by atoms with Gasteiger partial charge in [-0.05, 0) is 18.6 Å². The number of hydrogen-bond acceptors (Lipinski definition) is 5. The number of fused-ring (bicyclic) bond motifs is 1. The van der Waals surface area contributed by atoms with Crippen molar-refractivity contribution in [1.29, 1.82) is 5.26 Å². The van der Waals surface area contributed by atoms with E-state index in [9.17, 15) is 5.26 Å². The Hall–Kier alpha value is -3.07. The Morgan fingerprint density at radius 3 is 2.83 bits per heavy atom. The minimum Gasteiger partial charge on any atom is -0.481 e. The predicted octanol–water partition coefficient (Wildman–Crippen LogP) is 3.02. The third-order valence-electron chi connectivity index (χ3n) is 3.99. The van der Waals surface area contributed by atoms with Crippen LogP contribution in [-0.4, -0.2) is 21.9 Å². The molecule has 3 rings (SSSR count). The number of pyridine rings is 1. The average Bonchev–Trinajstić information content (AvgIpc) is 2.93. The maximum atomic E-state index is 9.20. The topological polar surface area (TPSA) is 75.8 Å². The highest BCUT2D eigenvalue weighted by Crippen LogP contribution is 2.27. The van der Waals surface area contributed by atoms with Crippen LogP contribution in [0.1, 0.15) is 23.9 Å². The number of ether oxygens (including phenoxy) is 1. The molecular formula is C18H19N5O. The summed E-state index contributed by atoms with van der Waals surface area (Å²) in [5.41, 5.74) is 4.10. The Bertz CT molecular complexity index is 923. The summed E-state index contributed by atoms with van der Waals surface area (Å²) in [6, 6.07) is 11.7. The molecule has 0 unspecified atom stereocenters. The summed E-state index contributed by atoms with van der Waals surface area (Å²) in [4.78, 5) is 4.34. The molecule has 0 radical (unpaired) electrons. The van der Waals surface area contributed by atoms with Crippen molar-refractivity contribution in [2.24, 2.45) is 7.05 Å². The van der Waals surface area contributed by atoms with Gasteiger partial charge in [0.25, 0.3) is 0 Å². The third-order valence-corrected chi connectivity index (χ3v) is 3.99.